The molecule has 6 nitrogen and oxygen atoms in total. The van der Waals surface area contributed by atoms with Gasteiger partial charge in [-0.1, -0.05) is 11.6 Å². The summed E-state index contributed by atoms with van der Waals surface area (Å²) in [6.45, 7) is 4.33. The van der Waals surface area contributed by atoms with Crippen molar-refractivity contribution in [1.29, 1.82) is 0 Å². The number of fused-ring (bicyclic) bond motifs is 3. The van der Waals surface area contributed by atoms with E-state index in [0.717, 1.165) is 27.7 Å². The fourth-order valence-corrected chi connectivity index (χ4v) is 5.23. The molecule has 0 unspecified atom stereocenters. The van der Waals surface area contributed by atoms with E-state index in [1.807, 2.05) is 6.92 Å². The largest absolute Gasteiger partial charge is 0.261 e. The minimum Gasteiger partial charge on any atom is -0.261 e. The Balaban J connectivity index is 1.74. The standard InChI is InChI=1S/C17H17ClN4O2S/c1-10-6-16(11(2)5-15(10)18)25(23,24)22-4-3-13-12(9-22)7-19-17-14(13)8-20-21-17/h5-8H,3-4,9H2,1-2H3,(H,19,20,21). The summed E-state index contributed by atoms with van der Waals surface area (Å²) in [7, 11) is -3.59. The number of nitrogens with zero attached hydrogens (tertiary/aromatic N) is 3. The number of aromatic nitrogens is 3. The Morgan fingerprint density at radius 2 is 2.00 bits per heavy atom. The van der Waals surface area contributed by atoms with Crippen molar-refractivity contribution in [3.05, 3.63) is 51.8 Å². The molecule has 130 valence electrons. The predicted molar refractivity (Wildman–Crippen MR) is 96.1 cm³/mol. The maximum Gasteiger partial charge on any atom is 0.243 e. The van der Waals surface area contributed by atoms with Crippen molar-refractivity contribution < 1.29 is 8.42 Å². The molecular weight excluding hydrogens is 360 g/mol. The second-order valence-corrected chi connectivity index (χ2v) is 8.66. The topological polar surface area (TPSA) is 79.0 Å². The van der Waals surface area contributed by atoms with Crippen molar-refractivity contribution in [3.63, 3.8) is 0 Å². The molecule has 0 aliphatic carbocycles. The summed E-state index contributed by atoms with van der Waals surface area (Å²) in [6, 6.07) is 3.36. The van der Waals surface area contributed by atoms with Gasteiger partial charge < -0.3 is 0 Å². The molecule has 8 heteroatoms. The normalized spacial score (nSPS) is 15.5. The van der Waals surface area contributed by atoms with Crippen LogP contribution in [0.1, 0.15) is 22.3 Å². The number of benzene rings is 1. The van der Waals surface area contributed by atoms with E-state index in [4.69, 9.17) is 11.6 Å². The molecule has 0 saturated carbocycles. The average Bonchev–Trinajstić information content (AvgIpc) is 3.06. The lowest BCUT2D eigenvalue weighted by atomic mass is 10.0. The molecule has 2 aromatic heterocycles. The highest BCUT2D eigenvalue weighted by Gasteiger charge is 2.31. The Labute approximate surface area is 150 Å². The molecule has 1 aliphatic rings. The SMILES string of the molecule is Cc1cc(S(=O)(=O)N2CCc3c(cnc4[nH]ncc34)C2)c(C)cc1Cl. The highest BCUT2D eigenvalue weighted by Crippen LogP contribution is 2.31. The number of hydrogen-bond donors (Lipinski definition) is 1. The zero-order valence-electron chi connectivity index (χ0n) is 13.9. The van der Waals surface area contributed by atoms with Gasteiger partial charge in [-0.25, -0.2) is 13.4 Å². The first-order valence-corrected chi connectivity index (χ1v) is 9.76. The van der Waals surface area contributed by atoms with Crippen molar-refractivity contribution in [3.8, 4) is 0 Å². The maximum absolute atomic E-state index is 13.1. The van der Waals surface area contributed by atoms with Crippen LogP contribution in [-0.2, 0) is 23.0 Å². The molecule has 1 N–H and O–H groups in total. The smallest absolute Gasteiger partial charge is 0.243 e. The zero-order valence-corrected chi connectivity index (χ0v) is 15.4. The van der Waals surface area contributed by atoms with Gasteiger partial charge in [-0.3, -0.25) is 5.10 Å². The van der Waals surface area contributed by atoms with Crippen LogP contribution in [0.3, 0.4) is 0 Å². The Morgan fingerprint density at radius 1 is 1.20 bits per heavy atom. The maximum atomic E-state index is 13.1. The van der Waals surface area contributed by atoms with Crippen LogP contribution in [0.25, 0.3) is 11.0 Å². The van der Waals surface area contributed by atoms with E-state index in [1.54, 1.807) is 31.5 Å². The average molecular weight is 377 g/mol. The van der Waals surface area contributed by atoms with Gasteiger partial charge in [-0.05, 0) is 54.7 Å². The zero-order chi connectivity index (χ0) is 17.8. The first-order chi connectivity index (χ1) is 11.9. The van der Waals surface area contributed by atoms with E-state index in [2.05, 4.69) is 15.2 Å². The predicted octanol–water partition coefficient (Wildman–Crippen LogP) is 2.98. The van der Waals surface area contributed by atoms with E-state index >= 15 is 0 Å². The van der Waals surface area contributed by atoms with Gasteiger partial charge in [-0.2, -0.15) is 9.40 Å². The number of sulfonamides is 1. The molecule has 3 aromatic rings. The van der Waals surface area contributed by atoms with Crippen molar-refractivity contribution in [1.82, 2.24) is 19.5 Å². The Kier molecular flexibility index (Phi) is 3.82. The van der Waals surface area contributed by atoms with Gasteiger partial charge in [0.05, 0.1) is 11.1 Å². The number of pyridine rings is 1. The van der Waals surface area contributed by atoms with Crippen LogP contribution in [-0.4, -0.2) is 34.4 Å². The summed E-state index contributed by atoms with van der Waals surface area (Å²) in [4.78, 5) is 4.65. The van der Waals surface area contributed by atoms with Gasteiger partial charge in [0.15, 0.2) is 5.65 Å². The summed E-state index contributed by atoms with van der Waals surface area (Å²) in [5.74, 6) is 0. The summed E-state index contributed by atoms with van der Waals surface area (Å²) in [5.41, 5.74) is 4.19. The second-order valence-electron chi connectivity index (χ2n) is 6.35. The molecule has 0 spiro atoms. The number of aryl methyl sites for hydroxylation is 2. The van der Waals surface area contributed by atoms with Gasteiger partial charge in [0.1, 0.15) is 0 Å². The Bertz CT molecular complexity index is 1090. The van der Waals surface area contributed by atoms with Crippen molar-refractivity contribution in [2.75, 3.05) is 6.54 Å². The van der Waals surface area contributed by atoms with E-state index < -0.39 is 10.0 Å². The molecule has 0 bridgehead atoms. The number of H-pyrrole nitrogens is 1. The fourth-order valence-electron chi connectivity index (χ4n) is 3.31. The molecule has 1 aliphatic heterocycles. The Morgan fingerprint density at radius 3 is 2.80 bits per heavy atom. The third kappa shape index (κ3) is 2.63. The molecule has 0 amide bonds. The van der Waals surface area contributed by atoms with E-state index in [9.17, 15) is 8.42 Å². The molecule has 0 radical (unpaired) electrons. The van der Waals surface area contributed by atoms with Crippen LogP contribution in [0.15, 0.2) is 29.4 Å². The monoisotopic (exact) mass is 376 g/mol. The van der Waals surface area contributed by atoms with Gasteiger partial charge in [-0.15, -0.1) is 0 Å². The van der Waals surface area contributed by atoms with Crippen LogP contribution < -0.4 is 0 Å². The van der Waals surface area contributed by atoms with Gasteiger partial charge in [0.2, 0.25) is 10.0 Å². The fraction of sp³-hybridized carbons (Fsp3) is 0.294. The first kappa shape index (κ1) is 16.5. The minimum atomic E-state index is -3.59. The lowest BCUT2D eigenvalue weighted by Gasteiger charge is -2.28. The summed E-state index contributed by atoms with van der Waals surface area (Å²) in [5, 5.41) is 8.41. The summed E-state index contributed by atoms with van der Waals surface area (Å²) >= 11 is 6.11. The van der Waals surface area contributed by atoms with E-state index in [1.165, 1.54) is 4.31 Å². The summed E-state index contributed by atoms with van der Waals surface area (Å²) in [6.07, 6.45) is 4.12. The number of aromatic amines is 1. The Hall–Kier alpha value is -1.96. The lowest BCUT2D eigenvalue weighted by Crippen LogP contribution is -2.36. The number of nitrogens with one attached hydrogen (secondary N) is 1. The van der Waals surface area contributed by atoms with Crippen LogP contribution in [0.5, 0.6) is 0 Å². The quantitative estimate of drug-likeness (QED) is 0.745. The number of halogens is 1. The van der Waals surface area contributed by atoms with E-state index in [-0.39, 0.29) is 0 Å². The van der Waals surface area contributed by atoms with Gasteiger partial charge in [0, 0.05) is 29.7 Å². The van der Waals surface area contributed by atoms with Gasteiger partial charge >= 0.3 is 0 Å². The van der Waals surface area contributed by atoms with Crippen molar-refractivity contribution in [2.45, 2.75) is 31.7 Å². The van der Waals surface area contributed by atoms with E-state index in [0.29, 0.717) is 35.0 Å². The highest BCUT2D eigenvalue weighted by molar-refractivity contribution is 7.89. The molecular formula is C17H17ClN4O2S. The third-order valence-corrected chi connectivity index (χ3v) is 7.11. The number of rotatable bonds is 2. The highest BCUT2D eigenvalue weighted by atomic mass is 35.5. The molecule has 1 aromatic carbocycles. The molecule has 0 atom stereocenters. The van der Waals surface area contributed by atoms with Crippen molar-refractivity contribution in [2.24, 2.45) is 0 Å². The first-order valence-electron chi connectivity index (χ1n) is 7.94. The molecule has 0 fully saturated rings. The third-order valence-electron chi connectivity index (χ3n) is 4.71. The van der Waals surface area contributed by atoms with Crippen LogP contribution >= 0.6 is 11.6 Å². The van der Waals surface area contributed by atoms with Crippen LogP contribution in [0, 0.1) is 13.8 Å². The summed E-state index contributed by atoms with van der Waals surface area (Å²) < 4.78 is 27.8. The lowest BCUT2D eigenvalue weighted by molar-refractivity contribution is 0.391. The van der Waals surface area contributed by atoms with Crippen LogP contribution in [0.2, 0.25) is 5.02 Å². The van der Waals surface area contributed by atoms with Crippen molar-refractivity contribution >= 4 is 32.7 Å². The second kappa shape index (κ2) is 5.79. The molecule has 0 saturated heterocycles. The number of hydrogen-bond acceptors (Lipinski definition) is 4. The van der Waals surface area contributed by atoms with Crippen LogP contribution in [0.4, 0.5) is 0 Å². The molecule has 4 rings (SSSR count). The minimum absolute atomic E-state index is 0.312. The van der Waals surface area contributed by atoms with Gasteiger partial charge in [0.25, 0.3) is 0 Å². The molecule has 25 heavy (non-hydrogen) atoms. The molecule has 3 heterocycles.